The van der Waals surface area contributed by atoms with Crippen LogP contribution in [-0.4, -0.2) is 56.9 Å². The van der Waals surface area contributed by atoms with E-state index in [1.165, 1.54) is 0 Å². The fourth-order valence-electron chi connectivity index (χ4n) is 5.20. The molecule has 2 atom stereocenters. The van der Waals surface area contributed by atoms with E-state index < -0.39 is 0 Å². The lowest BCUT2D eigenvalue weighted by molar-refractivity contribution is -0.117. The number of nitrogens with zero attached hydrogens (tertiary/aromatic N) is 5. The summed E-state index contributed by atoms with van der Waals surface area (Å²) < 4.78 is 1.67. The van der Waals surface area contributed by atoms with Crippen LogP contribution in [-0.2, 0) is 11.3 Å². The Balaban J connectivity index is 1.44. The predicted octanol–water partition coefficient (Wildman–Crippen LogP) is 0.599. The molecule has 29 heavy (non-hydrogen) atoms. The van der Waals surface area contributed by atoms with Crippen LogP contribution in [0.3, 0.4) is 0 Å². The minimum atomic E-state index is -0.203. The molecule has 150 valence electrons. The SMILES string of the molecule is O=C1NCc2nc(N3CC[C@H]4C[C@]43CO)cc(-n3ccc(N4CCCC4=O)n3)c21. The van der Waals surface area contributed by atoms with Crippen molar-refractivity contribution < 1.29 is 14.7 Å². The van der Waals surface area contributed by atoms with Gasteiger partial charge in [0.05, 0.1) is 35.6 Å². The summed E-state index contributed by atoms with van der Waals surface area (Å²) >= 11 is 0. The van der Waals surface area contributed by atoms with Gasteiger partial charge in [-0.25, -0.2) is 9.67 Å². The van der Waals surface area contributed by atoms with Crippen LogP contribution >= 0.6 is 0 Å². The van der Waals surface area contributed by atoms with Gasteiger partial charge in [0, 0.05) is 37.8 Å². The van der Waals surface area contributed by atoms with Crippen LogP contribution in [0.4, 0.5) is 11.6 Å². The fourth-order valence-corrected chi connectivity index (χ4v) is 5.20. The number of aliphatic hydroxyl groups excluding tert-OH is 1. The normalized spacial score (nSPS) is 27.4. The Morgan fingerprint density at radius 2 is 2.17 bits per heavy atom. The number of hydrogen-bond donors (Lipinski definition) is 2. The summed E-state index contributed by atoms with van der Waals surface area (Å²) in [5.41, 5.74) is 1.69. The molecule has 3 fully saturated rings. The molecule has 0 bridgehead atoms. The fraction of sp³-hybridized carbons (Fsp3) is 0.500. The minimum Gasteiger partial charge on any atom is -0.394 e. The van der Waals surface area contributed by atoms with Gasteiger partial charge in [0.2, 0.25) is 5.91 Å². The average Bonchev–Trinajstić information content (AvgIpc) is 3.23. The van der Waals surface area contributed by atoms with Crippen molar-refractivity contribution >= 4 is 23.5 Å². The largest absolute Gasteiger partial charge is 0.394 e. The van der Waals surface area contributed by atoms with E-state index in [1.54, 1.807) is 15.8 Å². The third-order valence-corrected chi connectivity index (χ3v) is 6.86. The maximum Gasteiger partial charge on any atom is 0.255 e. The molecule has 4 aliphatic rings. The summed E-state index contributed by atoms with van der Waals surface area (Å²) in [6, 6.07) is 3.70. The van der Waals surface area contributed by atoms with E-state index in [9.17, 15) is 14.7 Å². The van der Waals surface area contributed by atoms with Crippen molar-refractivity contribution in [1.29, 1.82) is 0 Å². The molecule has 9 heteroatoms. The van der Waals surface area contributed by atoms with Crippen LogP contribution in [0.2, 0.25) is 0 Å². The van der Waals surface area contributed by atoms with Crippen molar-refractivity contribution in [3.8, 4) is 5.69 Å². The predicted molar refractivity (Wildman–Crippen MR) is 104 cm³/mol. The second-order valence-corrected chi connectivity index (χ2v) is 8.37. The van der Waals surface area contributed by atoms with Gasteiger partial charge in [-0.1, -0.05) is 0 Å². The number of amides is 2. The number of fused-ring (bicyclic) bond motifs is 2. The molecular weight excluding hydrogens is 372 g/mol. The number of aromatic nitrogens is 3. The summed E-state index contributed by atoms with van der Waals surface area (Å²) in [5, 5.41) is 17.4. The monoisotopic (exact) mass is 394 g/mol. The second kappa shape index (κ2) is 5.79. The van der Waals surface area contributed by atoms with E-state index in [0.717, 1.165) is 31.6 Å². The average molecular weight is 394 g/mol. The first-order chi connectivity index (χ1) is 14.1. The van der Waals surface area contributed by atoms with Crippen LogP contribution < -0.4 is 15.1 Å². The molecule has 2 aromatic heterocycles. The third-order valence-electron chi connectivity index (χ3n) is 6.86. The Labute approximate surface area is 167 Å². The molecule has 1 aliphatic carbocycles. The number of carbonyl (C=O) groups is 2. The summed E-state index contributed by atoms with van der Waals surface area (Å²) in [6.07, 6.45) is 5.20. The lowest BCUT2D eigenvalue weighted by Crippen LogP contribution is -2.38. The molecule has 0 unspecified atom stereocenters. The molecule has 0 radical (unpaired) electrons. The van der Waals surface area contributed by atoms with E-state index in [2.05, 4.69) is 15.3 Å². The van der Waals surface area contributed by atoms with Gasteiger partial charge in [0.1, 0.15) is 5.82 Å². The Morgan fingerprint density at radius 3 is 2.93 bits per heavy atom. The van der Waals surface area contributed by atoms with Gasteiger partial charge < -0.3 is 15.3 Å². The number of nitrogens with one attached hydrogen (secondary N) is 1. The maximum atomic E-state index is 12.5. The third kappa shape index (κ3) is 2.30. The zero-order valence-electron chi connectivity index (χ0n) is 16.0. The molecule has 1 saturated carbocycles. The zero-order valence-corrected chi connectivity index (χ0v) is 16.0. The van der Waals surface area contributed by atoms with Gasteiger partial charge in [0.15, 0.2) is 5.82 Å². The van der Waals surface area contributed by atoms with Gasteiger partial charge in [-0.05, 0) is 25.2 Å². The van der Waals surface area contributed by atoms with Crippen LogP contribution in [0.1, 0.15) is 41.7 Å². The lowest BCUT2D eigenvalue weighted by Gasteiger charge is -2.29. The van der Waals surface area contributed by atoms with Crippen molar-refractivity contribution in [2.75, 3.05) is 29.5 Å². The van der Waals surface area contributed by atoms with Crippen LogP contribution in [0.15, 0.2) is 18.3 Å². The highest BCUT2D eigenvalue weighted by molar-refractivity contribution is 6.01. The molecule has 0 aromatic carbocycles. The summed E-state index contributed by atoms with van der Waals surface area (Å²) in [7, 11) is 0. The molecule has 2 amide bonds. The maximum absolute atomic E-state index is 12.5. The first kappa shape index (κ1) is 17.0. The molecule has 3 aliphatic heterocycles. The quantitative estimate of drug-likeness (QED) is 0.787. The number of piperidine rings is 1. The highest BCUT2D eigenvalue weighted by Crippen LogP contribution is 2.56. The van der Waals surface area contributed by atoms with E-state index >= 15 is 0 Å². The van der Waals surface area contributed by atoms with Crippen LogP contribution in [0.5, 0.6) is 0 Å². The van der Waals surface area contributed by atoms with Crippen molar-refractivity contribution in [2.24, 2.45) is 5.92 Å². The zero-order chi connectivity index (χ0) is 19.8. The highest BCUT2D eigenvalue weighted by Gasteiger charge is 2.62. The van der Waals surface area contributed by atoms with Gasteiger partial charge >= 0.3 is 0 Å². The molecule has 6 rings (SSSR count). The van der Waals surface area contributed by atoms with Gasteiger partial charge in [-0.15, -0.1) is 5.10 Å². The molecular formula is C20H22N6O3. The van der Waals surface area contributed by atoms with Crippen molar-refractivity contribution in [3.05, 3.63) is 29.6 Å². The smallest absolute Gasteiger partial charge is 0.255 e. The van der Waals surface area contributed by atoms with E-state index in [-0.39, 0.29) is 24.0 Å². The summed E-state index contributed by atoms with van der Waals surface area (Å²) in [4.78, 5) is 33.2. The standard InChI is InChI=1S/C20H22N6O3/c27-11-20-9-12(20)3-6-25(20)16-8-14(18-13(22-16)10-21-19(18)29)26-7-4-15(23-26)24-5-1-2-17(24)28/h4,7-8,12,27H,1-3,5-6,9-11H2,(H,21,29)/t12-,20-/m0/s1. The van der Waals surface area contributed by atoms with Gasteiger partial charge in [-0.2, -0.15) is 0 Å². The van der Waals surface area contributed by atoms with Gasteiger partial charge in [0.25, 0.3) is 5.91 Å². The number of anilines is 2. The topological polar surface area (TPSA) is 104 Å². The number of pyridine rings is 1. The van der Waals surface area contributed by atoms with Crippen molar-refractivity contribution in [3.63, 3.8) is 0 Å². The van der Waals surface area contributed by atoms with Crippen LogP contribution in [0.25, 0.3) is 5.69 Å². The molecule has 2 aromatic rings. The van der Waals surface area contributed by atoms with E-state index in [4.69, 9.17) is 4.98 Å². The van der Waals surface area contributed by atoms with Gasteiger partial charge in [-0.3, -0.25) is 14.5 Å². The lowest BCUT2D eigenvalue weighted by atomic mass is 10.1. The number of carbonyl (C=O) groups excluding carboxylic acids is 2. The Bertz CT molecular complexity index is 1040. The number of hydrogen-bond acceptors (Lipinski definition) is 6. The second-order valence-electron chi connectivity index (χ2n) is 8.37. The molecule has 9 nitrogen and oxygen atoms in total. The number of rotatable bonds is 4. The first-order valence-corrected chi connectivity index (χ1v) is 10.2. The first-order valence-electron chi connectivity index (χ1n) is 10.2. The van der Waals surface area contributed by atoms with Crippen LogP contribution in [0, 0.1) is 5.92 Å². The van der Waals surface area contributed by atoms with E-state index in [0.29, 0.717) is 48.2 Å². The van der Waals surface area contributed by atoms with Crippen molar-refractivity contribution in [2.45, 2.75) is 37.8 Å². The van der Waals surface area contributed by atoms with E-state index in [1.807, 2.05) is 12.1 Å². The minimum absolute atomic E-state index is 0.0790. The summed E-state index contributed by atoms with van der Waals surface area (Å²) in [5.74, 6) is 1.82. The Hall–Kier alpha value is -2.94. The molecule has 5 heterocycles. The Morgan fingerprint density at radius 1 is 1.28 bits per heavy atom. The summed E-state index contributed by atoms with van der Waals surface area (Å²) in [6.45, 7) is 2.03. The molecule has 2 N–H and O–H groups in total. The number of aliphatic hydroxyl groups is 1. The van der Waals surface area contributed by atoms with Crippen molar-refractivity contribution in [1.82, 2.24) is 20.1 Å². The molecule has 2 saturated heterocycles. The highest BCUT2D eigenvalue weighted by atomic mass is 16.3. The Kier molecular flexibility index (Phi) is 3.39. The molecule has 0 spiro atoms.